The Morgan fingerprint density at radius 1 is 1.36 bits per heavy atom. The molecule has 1 saturated heterocycles. The third-order valence-electron chi connectivity index (χ3n) is 5.88. The fourth-order valence-corrected chi connectivity index (χ4v) is 5.90. The van der Waals surface area contributed by atoms with Gasteiger partial charge in [0.15, 0.2) is 29.9 Å². The van der Waals surface area contributed by atoms with Crippen LogP contribution in [0.2, 0.25) is 0 Å². The molecule has 10 nitrogen and oxygen atoms in total. The van der Waals surface area contributed by atoms with Gasteiger partial charge in [-0.25, -0.2) is 9.55 Å². The minimum absolute atomic E-state index is 0.125. The van der Waals surface area contributed by atoms with Crippen molar-refractivity contribution in [2.75, 3.05) is 18.1 Å². The van der Waals surface area contributed by atoms with Crippen molar-refractivity contribution in [3.63, 3.8) is 0 Å². The Labute approximate surface area is 216 Å². The number of thiazole rings is 1. The summed E-state index contributed by atoms with van der Waals surface area (Å²) in [4.78, 5) is 43.8. The standard InChI is InChI=1S/C24H26N4O6S2/c1-24(2,13-29)34-10-16(17-12-36-23(25)26-17)18(30)8-15-20(31)28-19(22(32)33)14(11-35-21(15)28)9-27-6-4-3-5-7-27/h3-7,10,12,15,21,29H,8-9,11,13H2,1-2H3,(H2-,25,26,32,33)/b16-10-/t15-,21-/m1/s1. The predicted octanol–water partition coefficient (Wildman–Crippen LogP) is 0.336. The van der Waals surface area contributed by atoms with Gasteiger partial charge < -0.3 is 25.5 Å². The number of pyridine rings is 1. The van der Waals surface area contributed by atoms with Crippen LogP contribution in [-0.4, -0.2) is 56.0 Å². The van der Waals surface area contributed by atoms with Crippen molar-refractivity contribution in [1.29, 1.82) is 0 Å². The number of allylic oxidation sites excluding steroid dienone is 1. The van der Waals surface area contributed by atoms with Gasteiger partial charge >= 0.3 is 0 Å². The molecule has 2 aliphatic heterocycles. The molecule has 0 spiro atoms. The molecule has 4 heterocycles. The quantitative estimate of drug-likeness (QED) is 0.192. The lowest BCUT2D eigenvalue weighted by molar-refractivity contribution is -0.689. The average Bonchev–Trinajstić information content (AvgIpc) is 3.28. The van der Waals surface area contributed by atoms with E-state index in [0.29, 0.717) is 23.6 Å². The number of aliphatic carboxylic acids is 1. The number of nitrogens with zero attached hydrogens (tertiary/aromatic N) is 3. The third-order valence-corrected chi connectivity index (χ3v) is 7.95. The molecule has 0 aromatic carbocycles. The molecule has 0 saturated carbocycles. The number of hydrogen-bond donors (Lipinski definition) is 2. The maximum Gasteiger partial charge on any atom is 0.234 e. The van der Waals surface area contributed by atoms with Crippen LogP contribution >= 0.6 is 23.1 Å². The van der Waals surface area contributed by atoms with Crippen LogP contribution in [0, 0.1) is 5.92 Å². The van der Waals surface area contributed by atoms with Gasteiger partial charge in [-0.05, 0) is 13.8 Å². The van der Waals surface area contributed by atoms with E-state index >= 15 is 0 Å². The topological polar surface area (TPSA) is 150 Å². The number of aliphatic hydroxyl groups excluding tert-OH is 1. The SMILES string of the molecule is CC(C)(CO)O/C=C(\C(=O)C[C@@H]1C(=O)N2C(C(=O)[O-])=C(C[n+]3ccccc3)CS[C@H]12)c1csc(N)n1. The number of β-lactam (4-membered cyclic amide) rings is 1. The summed E-state index contributed by atoms with van der Waals surface area (Å²) in [6.07, 6.45) is 4.72. The first-order valence-corrected chi connectivity index (χ1v) is 13.1. The predicted molar refractivity (Wildman–Crippen MR) is 132 cm³/mol. The number of hydrogen-bond acceptors (Lipinski definition) is 10. The lowest BCUT2D eigenvalue weighted by Gasteiger charge is -2.50. The Morgan fingerprint density at radius 2 is 2.08 bits per heavy atom. The summed E-state index contributed by atoms with van der Waals surface area (Å²) in [6.45, 7) is 3.35. The van der Waals surface area contributed by atoms with Gasteiger partial charge in [0.2, 0.25) is 5.91 Å². The average molecular weight is 531 g/mol. The maximum atomic E-state index is 13.3. The van der Waals surface area contributed by atoms with E-state index in [2.05, 4.69) is 4.98 Å². The second kappa shape index (κ2) is 10.4. The van der Waals surface area contributed by atoms with Crippen molar-refractivity contribution in [1.82, 2.24) is 9.88 Å². The number of aliphatic hydroxyl groups is 1. The van der Waals surface area contributed by atoms with Gasteiger partial charge in [-0.1, -0.05) is 6.07 Å². The van der Waals surface area contributed by atoms with Crippen LogP contribution in [0.5, 0.6) is 0 Å². The van der Waals surface area contributed by atoms with Crippen LogP contribution < -0.4 is 15.4 Å². The van der Waals surface area contributed by atoms with Crippen LogP contribution in [0.15, 0.2) is 53.5 Å². The number of carboxylic acids is 1. The van der Waals surface area contributed by atoms with Crippen molar-refractivity contribution in [2.24, 2.45) is 5.92 Å². The Kier molecular flexibility index (Phi) is 7.48. The summed E-state index contributed by atoms with van der Waals surface area (Å²) in [5.74, 6) is -2.55. The van der Waals surface area contributed by atoms with E-state index in [0.717, 1.165) is 11.3 Å². The molecule has 0 radical (unpaired) electrons. The Balaban J connectivity index is 1.54. The minimum Gasteiger partial charge on any atom is -0.543 e. The van der Waals surface area contributed by atoms with Gasteiger partial charge in [0.05, 0.1) is 47.1 Å². The third kappa shape index (κ3) is 5.30. The molecule has 0 unspecified atom stereocenters. The number of nitrogen functional groups attached to an aromatic ring is 1. The zero-order valence-corrected chi connectivity index (χ0v) is 21.4. The lowest BCUT2D eigenvalue weighted by Crippen LogP contribution is -2.63. The van der Waals surface area contributed by atoms with Crippen LogP contribution in [0.1, 0.15) is 26.0 Å². The summed E-state index contributed by atoms with van der Waals surface area (Å²) in [5.41, 5.74) is 5.70. The zero-order valence-electron chi connectivity index (χ0n) is 19.7. The van der Waals surface area contributed by atoms with Crippen LogP contribution in [-0.2, 0) is 25.7 Å². The highest BCUT2D eigenvalue weighted by Crippen LogP contribution is 2.45. The number of amides is 1. The summed E-state index contributed by atoms with van der Waals surface area (Å²) in [6, 6.07) is 5.52. The monoisotopic (exact) mass is 530 g/mol. The highest BCUT2D eigenvalue weighted by molar-refractivity contribution is 8.00. The first kappa shape index (κ1) is 25.9. The first-order chi connectivity index (χ1) is 17.1. The number of ketones is 1. The molecular weight excluding hydrogens is 504 g/mol. The second-order valence-corrected chi connectivity index (χ2v) is 11.1. The number of rotatable bonds is 10. The molecular formula is C24H26N4O6S2. The van der Waals surface area contributed by atoms with E-state index in [1.54, 1.807) is 19.2 Å². The van der Waals surface area contributed by atoms with E-state index in [4.69, 9.17) is 10.5 Å². The van der Waals surface area contributed by atoms with Crippen LogP contribution in [0.25, 0.3) is 5.57 Å². The molecule has 3 N–H and O–H groups in total. The number of fused-ring (bicyclic) bond motifs is 1. The van der Waals surface area contributed by atoms with Crippen molar-refractivity contribution < 1.29 is 33.9 Å². The number of nitrogens with two attached hydrogens (primary N) is 1. The highest BCUT2D eigenvalue weighted by Gasteiger charge is 2.53. The largest absolute Gasteiger partial charge is 0.543 e. The van der Waals surface area contributed by atoms with Crippen molar-refractivity contribution in [2.45, 2.75) is 37.8 Å². The molecule has 2 atom stereocenters. The smallest absolute Gasteiger partial charge is 0.234 e. The normalized spacial score (nSPS) is 20.1. The van der Waals surface area contributed by atoms with Gasteiger partial charge in [0.25, 0.3) is 0 Å². The molecule has 36 heavy (non-hydrogen) atoms. The maximum absolute atomic E-state index is 13.3. The number of Topliss-reactive ketones (excluding diaryl/α,β-unsaturated/α-hetero) is 1. The molecule has 0 aliphatic carbocycles. The number of aromatic nitrogens is 2. The number of anilines is 1. The van der Waals surface area contributed by atoms with E-state index in [9.17, 15) is 24.6 Å². The number of ether oxygens (including phenoxy) is 1. The van der Waals surface area contributed by atoms with E-state index in [1.807, 2.05) is 35.2 Å². The van der Waals surface area contributed by atoms with Gasteiger partial charge in [-0.2, -0.15) is 0 Å². The van der Waals surface area contributed by atoms with E-state index < -0.39 is 34.6 Å². The zero-order chi connectivity index (χ0) is 26.0. The number of carboxylic acid groups (broad SMARTS) is 1. The number of carbonyl (C=O) groups is 3. The van der Waals surface area contributed by atoms with Gasteiger partial charge in [0.1, 0.15) is 5.60 Å². The van der Waals surface area contributed by atoms with Gasteiger partial charge in [0, 0.05) is 35.3 Å². The summed E-state index contributed by atoms with van der Waals surface area (Å²) >= 11 is 2.58. The second-order valence-electron chi connectivity index (χ2n) is 9.07. The lowest BCUT2D eigenvalue weighted by atomic mass is 9.88. The molecule has 0 bridgehead atoms. The number of thioether (sulfide) groups is 1. The first-order valence-electron chi connectivity index (χ1n) is 11.2. The molecule has 4 rings (SSSR count). The highest BCUT2D eigenvalue weighted by atomic mass is 32.2. The van der Waals surface area contributed by atoms with Crippen molar-refractivity contribution in [3.05, 3.63) is 59.2 Å². The molecule has 1 amide bonds. The van der Waals surface area contributed by atoms with Crippen molar-refractivity contribution in [3.8, 4) is 0 Å². The molecule has 2 aromatic heterocycles. The minimum atomic E-state index is -1.41. The Morgan fingerprint density at radius 3 is 2.69 bits per heavy atom. The Hall–Kier alpha value is -3.22. The number of carbonyl (C=O) groups excluding carboxylic acids is 3. The fourth-order valence-electron chi connectivity index (χ4n) is 3.93. The molecule has 2 aromatic rings. The van der Waals surface area contributed by atoms with Gasteiger partial charge in [-0.3, -0.25) is 14.5 Å². The summed E-state index contributed by atoms with van der Waals surface area (Å²) in [5, 5.41) is 22.9. The van der Waals surface area contributed by atoms with Crippen molar-refractivity contribution >= 4 is 51.5 Å². The molecule has 12 heteroatoms. The molecule has 2 aliphatic rings. The van der Waals surface area contributed by atoms with E-state index in [1.165, 1.54) is 22.9 Å². The fraction of sp³-hybridized carbons (Fsp3) is 0.375. The Bertz CT molecular complexity index is 1240. The van der Waals surface area contributed by atoms with Crippen LogP contribution in [0.3, 0.4) is 0 Å². The summed E-state index contributed by atoms with van der Waals surface area (Å²) < 4.78 is 7.43. The van der Waals surface area contributed by atoms with Crippen LogP contribution in [0.4, 0.5) is 5.13 Å². The summed E-state index contributed by atoms with van der Waals surface area (Å²) in [7, 11) is 0. The molecule has 190 valence electrons. The molecule has 1 fully saturated rings. The van der Waals surface area contributed by atoms with E-state index in [-0.39, 0.29) is 29.4 Å². The van der Waals surface area contributed by atoms with Gasteiger partial charge in [-0.15, -0.1) is 23.1 Å².